The maximum absolute atomic E-state index is 8.92. The number of aliphatic hydroxyl groups excluding tert-OH is 1. The maximum atomic E-state index is 8.92. The number of rotatable bonds is 7. The molecule has 0 saturated carbocycles. The van der Waals surface area contributed by atoms with Crippen LogP contribution in [0.5, 0.6) is 0 Å². The van der Waals surface area contributed by atoms with E-state index in [9.17, 15) is 0 Å². The third-order valence-corrected chi connectivity index (χ3v) is 3.03. The number of hydrogen-bond acceptors (Lipinski definition) is 1. The van der Waals surface area contributed by atoms with E-state index in [0.29, 0.717) is 0 Å². The SMILES string of the molecule is C[N+](C)(CCO)CCCCc1ccccc1.[Br-]. The molecule has 0 amide bonds. The highest BCUT2D eigenvalue weighted by atomic mass is 79.9. The molecule has 1 rings (SSSR count). The number of aliphatic hydroxyl groups is 1. The molecule has 1 N–H and O–H groups in total. The quantitative estimate of drug-likeness (QED) is 0.510. The molecule has 0 aromatic heterocycles. The fraction of sp³-hybridized carbons (Fsp3) is 0.571. The van der Waals surface area contributed by atoms with Gasteiger partial charge in [-0.3, -0.25) is 0 Å². The highest BCUT2D eigenvalue weighted by molar-refractivity contribution is 5.14. The molecule has 0 unspecified atom stereocenters. The average Bonchev–Trinajstić information content (AvgIpc) is 2.26. The van der Waals surface area contributed by atoms with E-state index in [-0.39, 0.29) is 23.6 Å². The molecule has 0 aliphatic heterocycles. The molecule has 1 aromatic rings. The first-order chi connectivity index (χ1) is 7.64. The van der Waals surface area contributed by atoms with Gasteiger partial charge in [0.2, 0.25) is 0 Å². The number of nitrogens with zero attached hydrogens (tertiary/aromatic N) is 1. The summed E-state index contributed by atoms with van der Waals surface area (Å²) in [6, 6.07) is 10.6. The fourth-order valence-corrected chi connectivity index (χ4v) is 1.90. The van der Waals surface area contributed by atoms with E-state index in [4.69, 9.17) is 5.11 Å². The summed E-state index contributed by atoms with van der Waals surface area (Å²) in [6.07, 6.45) is 3.62. The van der Waals surface area contributed by atoms with Crippen LogP contribution in [0.3, 0.4) is 0 Å². The second-order valence-corrected chi connectivity index (χ2v) is 5.05. The predicted octanol–water partition coefficient (Wildman–Crippen LogP) is -0.918. The van der Waals surface area contributed by atoms with Gasteiger partial charge in [0.05, 0.1) is 27.2 Å². The maximum Gasteiger partial charge on any atom is 0.102 e. The van der Waals surface area contributed by atoms with E-state index in [1.807, 2.05) is 0 Å². The van der Waals surface area contributed by atoms with Crippen LogP contribution in [0.15, 0.2) is 30.3 Å². The summed E-state index contributed by atoms with van der Waals surface area (Å²) >= 11 is 0. The normalized spacial score (nSPS) is 11.0. The van der Waals surface area contributed by atoms with Crippen molar-refractivity contribution in [1.29, 1.82) is 0 Å². The Balaban J connectivity index is 0.00000256. The van der Waals surface area contributed by atoms with Gasteiger partial charge in [-0.05, 0) is 24.8 Å². The third-order valence-electron chi connectivity index (χ3n) is 3.03. The van der Waals surface area contributed by atoms with Crippen molar-refractivity contribution in [3.05, 3.63) is 35.9 Å². The van der Waals surface area contributed by atoms with Crippen molar-refractivity contribution < 1.29 is 26.6 Å². The van der Waals surface area contributed by atoms with Crippen LogP contribution in [-0.2, 0) is 6.42 Å². The number of unbranched alkanes of at least 4 members (excludes halogenated alkanes) is 1. The Morgan fingerprint density at radius 1 is 1.00 bits per heavy atom. The lowest BCUT2D eigenvalue weighted by atomic mass is 10.1. The molecule has 0 radical (unpaired) electrons. The van der Waals surface area contributed by atoms with Crippen molar-refractivity contribution in [2.24, 2.45) is 0 Å². The number of halogens is 1. The van der Waals surface area contributed by atoms with Crippen LogP contribution in [0.4, 0.5) is 0 Å². The average molecular weight is 302 g/mol. The van der Waals surface area contributed by atoms with Crippen LogP contribution in [0.25, 0.3) is 0 Å². The van der Waals surface area contributed by atoms with Crippen molar-refractivity contribution in [2.45, 2.75) is 19.3 Å². The van der Waals surface area contributed by atoms with E-state index in [0.717, 1.165) is 17.6 Å². The zero-order valence-electron chi connectivity index (χ0n) is 10.9. The molecule has 0 aliphatic rings. The van der Waals surface area contributed by atoms with Gasteiger partial charge in [0.15, 0.2) is 0 Å². The molecule has 0 spiro atoms. The summed E-state index contributed by atoms with van der Waals surface area (Å²) in [5.74, 6) is 0. The van der Waals surface area contributed by atoms with E-state index < -0.39 is 0 Å². The van der Waals surface area contributed by atoms with Crippen LogP contribution >= 0.6 is 0 Å². The van der Waals surface area contributed by atoms with Crippen molar-refractivity contribution in [2.75, 3.05) is 33.8 Å². The molecule has 0 saturated heterocycles. The fourth-order valence-electron chi connectivity index (χ4n) is 1.90. The molecule has 98 valence electrons. The van der Waals surface area contributed by atoms with Gasteiger partial charge in [-0.25, -0.2) is 0 Å². The second kappa shape index (κ2) is 8.67. The Kier molecular flexibility index (Phi) is 8.48. The van der Waals surface area contributed by atoms with Crippen molar-refractivity contribution in [1.82, 2.24) is 0 Å². The summed E-state index contributed by atoms with van der Waals surface area (Å²) < 4.78 is 0.922. The number of likely N-dealkylation sites (N-methyl/N-ethyl adjacent to an activating group) is 1. The second-order valence-electron chi connectivity index (χ2n) is 5.05. The lowest BCUT2D eigenvalue weighted by molar-refractivity contribution is -0.890. The molecule has 0 aliphatic carbocycles. The minimum atomic E-state index is 0. The highest BCUT2D eigenvalue weighted by Gasteiger charge is 2.12. The van der Waals surface area contributed by atoms with Crippen LogP contribution < -0.4 is 17.0 Å². The zero-order valence-corrected chi connectivity index (χ0v) is 12.5. The molecule has 2 nitrogen and oxygen atoms in total. The van der Waals surface area contributed by atoms with Gasteiger partial charge in [-0.15, -0.1) is 0 Å². The molecule has 17 heavy (non-hydrogen) atoms. The molecule has 1 aromatic carbocycles. The predicted molar refractivity (Wildman–Crippen MR) is 68.3 cm³/mol. The lowest BCUT2D eigenvalue weighted by Crippen LogP contribution is -3.00. The Hall–Kier alpha value is -0.380. The largest absolute Gasteiger partial charge is 1.00 e. The van der Waals surface area contributed by atoms with E-state index in [1.54, 1.807) is 0 Å². The van der Waals surface area contributed by atoms with Gasteiger partial charge >= 0.3 is 0 Å². The number of benzene rings is 1. The first-order valence-electron chi connectivity index (χ1n) is 6.11. The Labute approximate surface area is 116 Å². The number of hydrogen-bond donors (Lipinski definition) is 1. The molecule has 0 heterocycles. The first-order valence-corrected chi connectivity index (χ1v) is 6.11. The van der Waals surface area contributed by atoms with Gasteiger partial charge in [0.1, 0.15) is 6.54 Å². The van der Waals surface area contributed by atoms with Gasteiger partial charge < -0.3 is 26.6 Å². The van der Waals surface area contributed by atoms with Crippen molar-refractivity contribution >= 4 is 0 Å². The molecule has 0 bridgehead atoms. The van der Waals surface area contributed by atoms with Crippen LogP contribution in [0.2, 0.25) is 0 Å². The zero-order chi connectivity index (χ0) is 11.9. The molecular weight excluding hydrogens is 278 g/mol. The van der Waals surface area contributed by atoms with E-state index in [2.05, 4.69) is 44.4 Å². The topological polar surface area (TPSA) is 20.2 Å². The highest BCUT2D eigenvalue weighted by Crippen LogP contribution is 2.07. The summed E-state index contributed by atoms with van der Waals surface area (Å²) in [5.41, 5.74) is 1.43. The smallest absolute Gasteiger partial charge is 0.102 e. The van der Waals surface area contributed by atoms with Crippen LogP contribution in [0, 0.1) is 0 Å². The summed E-state index contributed by atoms with van der Waals surface area (Å²) in [6.45, 7) is 2.28. The van der Waals surface area contributed by atoms with Gasteiger partial charge in [0, 0.05) is 0 Å². The Bertz CT molecular complexity index is 288. The monoisotopic (exact) mass is 301 g/mol. The summed E-state index contributed by atoms with van der Waals surface area (Å²) in [7, 11) is 4.36. The van der Waals surface area contributed by atoms with Crippen LogP contribution in [-0.4, -0.2) is 43.4 Å². The molecule has 0 fully saturated rings. The third kappa shape index (κ3) is 7.53. The minimum Gasteiger partial charge on any atom is -1.00 e. The first kappa shape index (κ1) is 16.6. The lowest BCUT2D eigenvalue weighted by Gasteiger charge is -2.28. The molecule has 0 atom stereocenters. The van der Waals surface area contributed by atoms with Gasteiger partial charge in [-0.2, -0.15) is 0 Å². The summed E-state index contributed by atoms with van der Waals surface area (Å²) in [4.78, 5) is 0. The standard InChI is InChI=1S/C14H24NO.BrH/c1-15(2,12-13-16)11-7-6-10-14-8-4-3-5-9-14;/h3-5,8-9,16H,6-7,10-13H2,1-2H3;1H/q+1;/p-1. The van der Waals surface area contributed by atoms with Gasteiger partial charge in [-0.1, -0.05) is 30.3 Å². The molecular formula is C14H24BrNO. The number of aryl methyl sites for hydroxylation is 1. The summed E-state index contributed by atoms with van der Waals surface area (Å²) in [5, 5.41) is 8.92. The van der Waals surface area contributed by atoms with Crippen molar-refractivity contribution in [3.8, 4) is 0 Å². The van der Waals surface area contributed by atoms with Crippen molar-refractivity contribution in [3.63, 3.8) is 0 Å². The van der Waals surface area contributed by atoms with Crippen LogP contribution in [0.1, 0.15) is 18.4 Å². The Morgan fingerprint density at radius 2 is 1.65 bits per heavy atom. The molecule has 3 heteroatoms. The van der Waals surface area contributed by atoms with E-state index in [1.165, 1.54) is 24.8 Å². The Morgan fingerprint density at radius 3 is 2.24 bits per heavy atom. The number of quaternary nitrogens is 1. The van der Waals surface area contributed by atoms with Gasteiger partial charge in [0.25, 0.3) is 0 Å². The minimum absolute atomic E-state index is 0. The van der Waals surface area contributed by atoms with E-state index >= 15 is 0 Å².